The molecule has 0 fully saturated rings. The summed E-state index contributed by atoms with van der Waals surface area (Å²) in [5.74, 6) is -1.78. The summed E-state index contributed by atoms with van der Waals surface area (Å²) < 4.78 is 71.7. The van der Waals surface area contributed by atoms with Gasteiger partial charge in [-0.25, -0.2) is 0 Å². The summed E-state index contributed by atoms with van der Waals surface area (Å²) in [7, 11) is 0. The van der Waals surface area contributed by atoms with Crippen LogP contribution in [0.4, 0.5) is 0 Å². The molecule has 2 atom stereocenters. The van der Waals surface area contributed by atoms with Gasteiger partial charge in [0.05, 0.1) is 0 Å². The highest BCUT2D eigenvalue weighted by Gasteiger charge is 2.45. The second-order valence-corrected chi connectivity index (χ2v) is 6.71. The summed E-state index contributed by atoms with van der Waals surface area (Å²) in [4.78, 5) is 0. The third-order valence-electron chi connectivity index (χ3n) is 4.85. The van der Waals surface area contributed by atoms with Crippen molar-refractivity contribution in [2.45, 2.75) is 77.5 Å². The van der Waals surface area contributed by atoms with Crippen molar-refractivity contribution in [3.05, 3.63) is 34.9 Å². The molecule has 0 bridgehead atoms. The van der Waals surface area contributed by atoms with E-state index in [-0.39, 0.29) is 23.5 Å². The van der Waals surface area contributed by atoms with E-state index in [9.17, 15) is 5.11 Å². The van der Waals surface area contributed by atoms with Gasteiger partial charge in [-0.3, -0.25) is 0 Å². The second-order valence-electron chi connectivity index (χ2n) is 6.71. The highest BCUT2D eigenvalue weighted by molar-refractivity contribution is 5.53. The van der Waals surface area contributed by atoms with E-state index in [1.54, 1.807) is 0 Å². The van der Waals surface area contributed by atoms with E-state index in [4.69, 9.17) is 15.7 Å². The molecular formula is C21H30O2. The Morgan fingerprint density at radius 2 is 2.22 bits per heavy atom. The molecule has 1 aliphatic heterocycles. The zero-order valence-electron chi connectivity index (χ0n) is 21.8. The van der Waals surface area contributed by atoms with Crippen molar-refractivity contribution < 1.29 is 20.8 Å². The van der Waals surface area contributed by atoms with Gasteiger partial charge in [0.1, 0.15) is 17.1 Å². The third-order valence-corrected chi connectivity index (χ3v) is 4.85. The van der Waals surface area contributed by atoms with Gasteiger partial charge in [0.25, 0.3) is 0 Å². The minimum absolute atomic E-state index is 0.0603. The van der Waals surface area contributed by atoms with E-state index in [2.05, 4.69) is 0 Å². The Bertz CT molecular complexity index is 855. The number of unbranched alkanes of at least 4 members (excludes halogenated alkanes) is 1. The summed E-state index contributed by atoms with van der Waals surface area (Å²) in [6.45, 7) is -2.06. The number of hydrogen-bond acceptors (Lipinski definition) is 2. The van der Waals surface area contributed by atoms with Crippen molar-refractivity contribution in [2.75, 3.05) is 0 Å². The van der Waals surface area contributed by atoms with Gasteiger partial charge >= 0.3 is 0 Å². The van der Waals surface area contributed by atoms with Crippen LogP contribution in [0.3, 0.4) is 0 Å². The summed E-state index contributed by atoms with van der Waals surface area (Å²) in [6.07, 6.45) is 2.55. The van der Waals surface area contributed by atoms with Crippen LogP contribution in [0.1, 0.15) is 87.7 Å². The largest absolute Gasteiger partial charge is 0.507 e. The number of hydrogen-bond donors (Lipinski definition) is 1. The Balaban J connectivity index is 2.27. The maximum atomic E-state index is 10.9. The number of aromatic hydroxyl groups is 1. The Morgan fingerprint density at radius 1 is 1.39 bits per heavy atom. The second kappa shape index (κ2) is 6.22. The molecule has 0 aromatic heterocycles. The van der Waals surface area contributed by atoms with Crippen LogP contribution in [-0.4, -0.2) is 10.7 Å². The molecule has 1 heterocycles. The lowest BCUT2D eigenvalue weighted by molar-refractivity contribution is 0.0107. The first-order valence-electron chi connectivity index (χ1n) is 12.4. The van der Waals surface area contributed by atoms with Crippen LogP contribution in [0, 0.1) is 5.92 Å². The van der Waals surface area contributed by atoms with Crippen LogP contribution in [0.15, 0.2) is 23.8 Å². The van der Waals surface area contributed by atoms with Gasteiger partial charge < -0.3 is 9.84 Å². The lowest BCUT2D eigenvalue weighted by Crippen LogP contribution is -2.45. The van der Waals surface area contributed by atoms with Crippen molar-refractivity contribution in [1.29, 1.82) is 0 Å². The number of ether oxygens (including phenoxy) is 1. The third kappa shape index (κ3) is 3.13. The number of phenolic OH excluding ortho intramolecular Hbond substituents is 1. The molecule has 3 rings (SSSR count). The molecule has 126 valence electrons. The van der Waals surface area contributed by atoms with Crippen LogP contribution in [0.2, 0.25) is 0 Å². The average molecular weight is 323 g/mol. The van der Waals surface area contributed by atoms with E-state index in [0.29, 0.717) is 24.8 Å². The highest BCUT2D eigenvalue weighted by Crippen LogP contribution is 2.53. The van der Waals surface area contributed by atoms with E-state index in [1.165, 1.54) is 12.1 Å². The molecule has 1 N–H and O–H groups in total. The van der Waals surface area contributed by atoms with E-state index >= 15 is 0 Å². The molecule has 23 heavy (non-hydrogen) atoms. The fraction of sp³-hybridized carbons (Fsp3) is 0.619. The zero-order chi connectivity index (χ0) is 23.4. The number of fused-ring (bicyclic) bond motifs is 3. The Hall–Kier alpha value is -1.44. The first-order valence-corrected chi connectivity index (χ1v) is 8.39. The number of benzene rings is 1. The molecular weight excluding hydrogens is 284 g/mol. The van der Waals surface area contributed by atoms with Crippen molar-refractivity contribution in [3.8, 4) is 11.5 Å². The molecule has 0 saturated carbocycles. The quantitative estimate of drug-likeness (QED) is 0.717. The fourth-order valence-electron chi connectivity index (χ4n) is 3.60. The molecule has 2 nitrogen and oxygen atoms in total. The van der Waals surface area contributed by atoms with Crippen LogP contribution >= 0.6 is 0 Å². The van der Waals surface area contributed by atoms with Gasteiger partial charge in [0.2, 0.25) is 0 Å². The van der Waals surface area contributed by atoms with Crippen molar-refractivity contribution >= 4 is 0 Å². The van der Waals surface area contributed by atoms with Gasteiger partial charge in [-0.15, -0.1) is 0 Å². The van der Waals surface area contributed by atoms with E-state index in [1.807, 2.05) is 19.9 Å². The molecule has 0 saturated heterocycles. The first-order chi connectivity index (χ1) is 14.2. The van der Waals surface area contributed by atoms with Crippen molar-refractivity contribution in [2.24, 2.45) is 5.92 Å². The standard InChI is InChI=1S/C21H30O2/c1-5-6-7-8-15-12-18(22)20-16-11-14(2)9-10-17(16)21(3,4)23-19(20)13-15/h11-13,16-17,22H,5-10H2,1-4H3/t16-,17-/m1/s1/i3D3,4D3,8D2. The Kier molecular flexibility index (Phi) is 2.47. The molecule has 1 aromatic carbocycles. The monoisotopic (exact) mass is 322 g/mol. The molecule has 1 aromatic rings. The van der Waals surface area contributed by atoms with Crippen molar-refractivity contribution in [1.82, 2.24) is 0 Å². The van der Waals surface area contributed by atoms with Gasteiger partial charge in [0.15, 0.2) is 0 Å². The first kappa shape index (κ1) is 9.15. The topological polar surface area (TPSA) is 29.5 Å². The lowest BCUT2D eigenvalue weighted by atomic mass is 9.68. The minimum Gasteiger partial charge on any atom is -0.507 e. The molecule has 0 unspecified atom stereocenters. The predicted molar refractivity (Wildman–Crippen MR) is 95.3 cm³/mol. The predicted octanol–water partition coefficient (Wildman–Crippen LogP) is 5.74. The minimum atomic E-state index is -2.95. The van der Waals surface area contributed by atoms with E-state index < -0.39 is 37.5 Å². The molecule has 0 spiro atoms. The normalized spacial score (nSPS) is 32.0. The van der Waals surface area contributed by atoms with Gasteiger partial charge in [-0.2, -0.15) is 0 Å². The Morgan fingerprint density at radius 3 is 2.96 bits per heavy atom. The smallest absolute Gasteiger partial charge is 0.127 e. The van der Waals surface area contributed by atoms with Crippen LogP contribution in [0.5, 0.6) is 11.5 Å². The molecule has 0 amide bonds. The Labute approximate surface area is 151 Å². The summed E-state index contributed by atoms with van der Waals surface area (Å²) in [5, 5.41) is 10.9. The highest BCUT2D eigenvalue weighted by atomic mass is 16.5. The summed E-state index contributed by atoms with van der Waals surface area (Å²) >= 11 is 0. The molecule has 0 radical (unpaired) electrons. The lowest BCUT2D eigenvalue weighted by Gasteiger charge is -2.46. The van der Waals surface area contributed by atoms with Gasteiger partial charge in [-0.05, 0) is 64.0 Å². The van der Waals surface area contributed by atoms with Crippen LogP contribution in [-0.2, 0) is 6.37 Å². The summed E-state index contributed by atoms with van der Waals surface area (Å²) in [6, 6.07) is 2.75. The summed E-state index contributed by atoms with van der Waals surface area (Å²) in [5.41, 5.74) is -0.975. The van der Waals surface area contributed by atoms with Crippen LogP contribution in [0.25, 0.3) is 0 Å². The van der Waals surface area contributed by atoms with Gasteiger partial charge in [0, 0.05) is 28.4 Å². The number of allylic oxidation sites excluding steroid dienone is 2. The maximum absolute atomic E-state index is 10.9. The van der Waals surface area contributed by atoms with E-state index in [0.717, 1.165) is 12.0 Å². The number of phenols is 1. The fourth-order valence-corrected chi connectivity index (χ4v) is 3.60. The maximum Gasteiger partial charge on any atom is 0.127 e. The van der Waals surface area contributed by atoms with Crippen LogP contribution < -0.4 is 4.74 Å². The molecule has 1 aliphatic carbocycles. The SMILES string of the molecule is [2H]C([2H])(CCCC)c1cc(O)c2c(c1)OC(C([2H])([2H])[2H])(C([2H])([2H])[2H])[C@@H]1CCC(C)=C[C@@H]21. The molecule has 2 heteroatoms. The van der Waals surface area contributed by atoms with Crippen molar-refractivity contribution in [3.63, 3.8) is 0 Å². The average Bonchev–Trinajstić information content (AvgIpc) is 2.63. The molecule has 2 aliphatic rings. The number of rotatable bonds is 4. The van der Waals surface area contributed by atoms with Gasteiger partial charge in [-0.1, -0.05) is 31.4 Å². The number of aryl methyl sites for hydroxylation is 1. The zero-order valence-corrected chi connectivity index (χ0v) is 13.8.